The number of rotatable bonds is 4. The maximum Gasteiger partial charge on any atom is 0.305 e. The molecule has 1 aliphatic rings. The quantitative estimate of drug-likeness (QED) is 0.846. The van der Waals surface area contributed by atoms with Gasteiger partial charge in [-0.05, 0) is 43.0 Å². The molecule has 112 valence electrons. The molecule has 1 amide bonds. The summed E-state index contributed by atoms with van der Waals surface area (Å²) in [5.74, 6) is -0.958. The van der Waals surface area contributed by atoms with Gasteiger partial charge in [0, 0.05) is 23.1 Å². The van der Waals surface area contributed by atoms with Crippen LogP contribution in [0, 0.1) is 0 Å². The van der Waals surface area contributed by atoms with Crippen molar-refractivity contribution in [1.82, 2.24) is 4.90 Å². The van der Waals surface area contributed by atoms with Crippen LogP contribution < -0.4 is 0 Å². The van der Waals surface area contributed by atoms with Crippen molar-refractivity contribution in [3.8, 4) is 0 Å². The Morgan fingerprint density at radius 2 is 2.00 bits per heavy atom. The molecule has 1 aliphatic heterocycles. The summed E-state index contributed by atoms with van der Waals surface area (Å²) in [4.78, 5) is 24.8. The zero-order valence-electron chi connectivity index (χ0n) is 11.7. The molecule has 0 aromatic heterocycles. The van der Waals surface area contributed by atoms with Crippen LogP contribution in [0.5, 0.6) is 0 Å². The average Bonchev–Trinajstić information content (AvgIpc) is 2.46. The molecular formula is C16H18BrNO3. The van der Waals surface area contributed by atoms with E-state index in [0.717, 1.165) is 29.3 Å². The first-order valence-electron chi connectivity index (χ1n) is 7.02. The van der Waals surface area contributed by atoms with Crippen LogP contribution in [0.4, 0.5) is 0 Å². The number of aliphatic carboxylic acids is 1. The minimum Gasteiger partial charge on any atom is -0.481 e. The van der Waals surface area contributed by atoms with Gasteiger partial charge in [-0.25, -0.2) is 0 Å². The van der Waals surface area contributed by atoms with Crippen LogP contribution in [0.25, 0.3) is 6.08 Å². The summed E-state index contributed by atoms with van der Waals surface area (Å²) in [5, 5.41) is 8.94. The lowest BCUT2D eigenvalue weighted by molar-refractivity contribution is -0.140. The largest absolute Gasteiger partial charge is 0.481 e. The maximum absolute atomic E-state index is 12.3. The van der Waals surface area contributed by atoms with Gasteiger partial charge in [0.2, 0.25) is 5.91 Å². The third kappa shape index (κ3) is 4.70. The monoisotopic (exact) mass is 351 g/mol. The number of carbonyl (C=O) groups is 2. The number of carboxylic acid groups (broad SMARTS) is 1. The summed E-state index contributed by atoms with van der Waals surface area (Å²) < 4.78 is 0.989. The number of amides is 1. The van der Waals surface area contributed by atoms with Crippen LogP contribution >= 0.6 is 15.9 Å². The van der Waals surface area contributed by atoms with Crippen molar-refractivity contribution in [2.45, 2.75) is 31.7 Å². The predicted molar refractivity (Wildman–Crippen MR) is 84.8 cm³/mol. The van der Waals surface area contributed by atoms with E-state index in [4.69, 9.17) is 5.11 Å². The minimum atomic E-state index is -0.850. The molecule has 1 saturated heterocycles. The molecule has 0 saturated carbocycles. The Morgan fingerprint density at radius 1 is 1.29 bits per heavy atom. The van der Waals surface area contributed by atoms with E-state index in [1.165, 1.54) is 6.08 Å². The molecule has 4 nitrogen and oxygen atoms in total. The lowest BCUT2D eigenvalue weighted by Gasteiger charge is -2.34. The predicted octanol–water partition coefficient (Wildman–Crippen LogP) is 3.32. The fourth-order valence-electron chi connectivity index (χ4n) is 2.54. The highest BCUT2D eigenvalue weighted by molar-refractivity contribution is 9.10. The van der Waals surface area contributed by atoms with Crippen LogP contribution in [0.3, 0.4) is 0 Å². The first-order valence-corrected chi connectivity index (χ1v) is 7.81. The van der Waals surface area contributed by atoms with Crippen molar-refractivity contribution in [3.63, 3.8) is 0 Å². The van der Waals surface area contributed by atoms with Crippen molar-refractivity contribution in [1.29, 1.82) is 0 Å². The SMILES string of the molecule is O=C(O)CC1CCCCN1C(=O)/C=C/c1ccc(Br)cc1. The molecule has 1 fully saturated rings. The van der Waals surface area contributed by atoms with Crippen LogP contribution in [-0.2, 0) is 9.59 Å². The molecule has 0 radical (unpaired) electrons. The zero-order valence-corrected chi connectivity index (χ0v) is 13.3. The lowest BCUT2D eigenvalue weighted by Crippen LogP contribution is -2.44. The number of carbonyl (C=O) groups excluding carboxylic acids is 1. The number of carboxylic acids is 1. The van der Waals surface area contributed by atoms with Crippen molar-refractivity contribution in [2.24, 2.45) is 0 Å². The Hall–Kier alpha value is -1.62. The molecule has 0 aliphatic carbocycles. The van der Waals surface area contributed by atoms with E-state index >= 15 is 0 Å². The second-order valence-electron chi connectivity index (χ2n) is 5.16. The van der Waals surface area contributed by atoms with Gasteiger partial charge < -0.3 is 10.0 Å². The molecule has 1 heterocycles. The highest BCUT2D eigenvalue weighted by atomic mass is 79.9. The van der Waals surface area contributed by atoms with E-state index < -0.39 is 5.97 Å². The molecule has 21 heavy (non-hydrogen) atoms. The van der Waals surface area contributed by atoms with Crippen molar-refractivity contribution in [2.75, 3.05) is 6.54 Å². The summed E-state index contributed by atoms with van der Waals surface area (Å²) in [6.45, 7) is 0.640. The van der Waals surface area contributed by atoms with E-state index in [-0.39, 0.29) is 18.4 Å². The number of halogens is 1. The summed E-state index contributed by atoms with van der Waals surface area (Å²) in [6.07, 6.45) is 6.01. The maximum atomic E-state index is 12.3. The third-order valence-electron chi connectivity index (χ3n) is 3.61. The number of piperidine rings is 1. The van der Waals surface area contributed by atoms with Gasteiger partial charge in [0.1, 0.15) is 0 Å². The molecule has 1 aromatic rings. The number of nitrogens with zero attached hydrogens (tertiary/aromatic N) is 1. The zero-order chi connectivity index (χ0) is 15.2. The van der Waals surface area contributed by atoms with Gasteiger partial charge in [0.05, 0.1) is 6.42 Å². The van der Waals surface area contributed by atoms with E-state index in [0.29, 0.717) is 6.54 Å². The molecular weight excluding hydrogens is 334 g/mol. The van der Waals surface area contributed by atoms with Crippen LogP contribution in [0.2, 0.25) is 0 Å². The number of hydrogen-bond acceptors (Lipinski definition) is 2. The number of benzene rings is 1. The van der Waals surface area contributed by atoms with E-state index in [2.05, 4.69) is 15.9 Å². The smallest absolute Gasteiger partial charge is 0.305 e. The number of hydrogen-bond donors (Lipinski definition) is 1. The van der Waals surface area contributed by atoms with Gasteiger partial charge in [-0.3, -0.25) is 9.59 Å². The van der Waals surface area contributed by atoms with E-state index in [9.17, 15) is 9.59 Å². The van der Waals surface area contributed by atoms with Crippen LogP contribution in [0.1, 0.15) is 31.2 Å². The topological polar surface area (TPSA) is 57.6 Å². The first kappa shape index (κ1) is 15.8. The molecule has 0 bridgehead atoms. The van der Waals surface area contributed by atoms with Crippen LogP contribution in [-0.4, -0.2) is 34.5 Å². The molecule has 1 aromatic carbocycles. The fraction of sp³-hybridized carbons (Fsp3) is 0.375. The third-order valence-corrected chi connectivity index (χ3v) is 4.14. The van der Waals surface area contributed by atoms with Crippen molar-refractivity contribution >= 4 is 33.9 Å². The van der Waals surface area contributed by atoms with Crippen LogP contribution in [0.15, 0.2) is 34.8 Å². The highest BCUT2D eigenvalue weighted by Gasteiger charge is 2.27. The van der Waals surface area contributed by atoms with Gasteiger partial charge in [0.15, 0.2) is 0 Å². The van der Waals surface area contributed by atoms with Crippen molar-refractivity contribution < 1.29 is 14.7 Å². The summed E-state index contributed by atoms with van der Waals surface area (Å²) in [5.41, 5.74) is 0.943. The Bertz CT molecular complexity index is 539. The Labute approximate surface area is 132 Å². The first-order chi connectivity index (χ1) is 10.1. The summed E-state index contributed by atoms with van der Waals surface area (Å²) >= 11 is 3.36. The van der Waals surface area contributed by atoms with E-state index in [1.807, 2.05) is 24.3 Å². The normalized spacial score (nSPS) is 18.9. The second kappa shape index (κ2) is 7.41. The second-order valence-corrected chi connectivity index (χ2v) is 6.08. The van der Waals surface area contributed by atoms with Crippen molar-refractivity contribution in [3.05, 3.63) is 40.4 Å². The van der Waals surface area contributed by atoms with Gasteiger partial charge >= 0.3 is 5.97 Å². The number of likely N-dealkylation sites (tertiary alicyclic amines) is 1. The molecule has 1 N–H and O–H groups in total. The van der Waals surface area contributed by atoms with E-state index in [1.54, 1.807) is 11.0 Å². The molecule has 0 spiro atoms. The summed E-state index contributed by atoms with van der Waals surface area (Å²) in [7, 11) is 0. The van der Waals surface area contributed by atoms with Gasteiger partial charge in [-0.15, -0.1) is 0 Å². The minimum absolute atomic E-state index is 0.0257. The Kier molecular flexibility index (Phi) is 5.56. The fourth-order valence-corrected chi connectivity index (χ4v) is 2.81. The summed E-state index contributed by atoms with van der Waals surface area (Å²) in [6, 6.07) is 7.48. The van der Waals surface area contributed by atoms with Gasteiger partial charge in [0.25, 0.3) is 0 Å². The van der Waals surface area contributed by atoms with Gasteiger partial charge in [-0.1, -0.05) is 28.1 Å². The highest BCUT2D eigenvalue weighted by Crippen LogP contribution is 2.20. The molecule has 5 heteroatoms. The lowest BCUT2D eigenvalue weighted by atomic mass is 9.99. The average molecular weight is 352 g/mol. The Morgan fingerprint density at radius 3 is 2.67 bits per heavy atom. The Balaban J connectivity index is 2.03. The molecule has 2 rings (SSSR count). The van der Waals surface area contributed by atoms with Gasteiger partial charge in [-0.2, -0.15) is 0 Å². The molecule has 1 atom stereocenters. The standard InChI is InChI=1S/C16H18BrNO3/c17-13-7-4-12(5-8-13)6-9-15(19)18-10-2-1-3-14(18)11-16(20)21/h4-9,14H,1-3,10-11H2,(H,20,21)/b9-6+. The molecule has 1 unspecified atom stereocenters.